The molecule has 17 heavy (non-hydrogen) atoms. The van der Waals surface area contributed by atoms with Crippen molar-refractivity contribution in [2.24, 2.45) is 5.73 Å². The molecule has 2 aromatic rings. The van der Waals surface area contributed by atoms with Crippen LogP contribution in [0.2, 0.25) is 0 Å². The summed E-state index contributed by atoms with van der Waals surface area (Å²) in [5.41, 5.74) is 7.02. The van der Waals surface area contributed by atoms with Gasteiger partial charge in [-0.2, -0.15) is 0 Å². The zero-order chi connectivity index (χ0) is 11.9. The molecule has 3 N–H and O–H groups in total. The van der Waals surface area contributed by atoms with Gasteiger partial charge in [0.1, 0.15) is 0 Å². The molecule has 4 nitrogen and oxygen atoms in total. The number of pyridine rings is 1. The van der Waals surface area contributed by atoms with Crippen molar-refractivity contribution in [2.45, 2.75) is 5.41 Å². The molecule has 1 aromatic carbocycles. The average molecular weight is 230 g/mol. The summed E-state index contributed by atoms with van der Waals surface area (Å²) in [7, 11) is 0. The van der Waals surface area contributed by atoms with Crippen LogP contribution in [0, 0.1) is 0 Å². The fraction of sp³-hybridized carbons (Fsp3) is 0.308. The fourth-order valence-electron chi connectivity index (χ4n) is 2.27. The molecule has 88 valence electrons. The SMILES string of the molecule is NCC1(c2cc3ccccc3[nH]c2=O)COC1. The van der Waals surface area contributed by atoms with Gasteiger partial charge in [0.2, 0.25) is 0 Å². The van der Waals surface area contributed by atoms with Crippen LogP contribution in [-0.4, -0.2) is 24.7 Å². The first-order valence-electron chi connectivity index (χ1n) is 5.66. The number of benzene rings is 1. The number of H-pyrrole nitrogens is 1. The van der Waals surface area contributed by atoms with Crippen LogP contribution < -0.4 is 11.3 Å². The van der Waals surface area contributed by atoms with E-state index in [2.05, 4.69) is 4.98 Å². The Balaban J connectivity index is 2.23. The van der Waals surface area contributed by atoms with Gasteiger partial charge in [-0.25, -0.2) is 0 Å². The summed E-state index contributed by atoms with van der Waals surface area (Å²) in [6.45, 7) is 1.50. The predicted octanol–water partition coefficient (Wildman–Crippen LogP) is 0.755. The summed E-state index contributed by atoms with van der Waals surface area (Å²) in [6, 6.07) is 9.68. The number of nitrogens with one attached hydrogen (secondary N) is 1. The van der Waals surface area contributed by atoms with Crippen LogP contribution in [0.1, 0.15) is 5.56 Å². The van der Waals surface area contributed by atoms with Crippen molar-refractivity contribution >= 4 is 10.9 Å². The van der Waals surface area contributed by atoms with Crippen molar-refractivity contribution in [3.8, 4) is 0 Å². The Morgan fingerprint density at radius 1 is 1.35 bits per heavy atom. The number of para-hydroxylation sites is 1. The van der Waals surface area contributed by atoms with Crippen LogP contribution in [0.25, 0.3) is 10.9 Å². The van der Waals surface area contributed by atoms with E-state index in [0.29, 0.717) is 19.8 Å². The van der Waals surface area contributed by atoms with Crippen molar-refractivity contribution in [1.82, 2.24) is 4.98 Å². The molecule has 0 bridgehead atoms. The normalized spacial score (nSPS) is 17.9. The van der Waals surface area contributed by atoms with E-state index in [1.54, 1.807) is 0 Å². The number of fused-ring (bicyclic) bond motifs is 1. The molecule has 0 saturated carbocycles. The van der Waals surface area contributed by atoms with Crippen LogP contribution in [-0.2, 0) is 10.2 Å². The number of hydrogen-bond acceptors (Lipinski definition) is 3. The van der Waals surface area contributed by atoms with Crippen LogP contribution in [0.5, 0.6) is 0 Å². The molecule has 1 aliphatic heterocycles. The van der Waals surface area contributed by atoms with Crippen molar-refractivity contribution in [1.29, 1.82) is 0 Å². The smallest absolute Gasteiger partial charge is 0.252 e. The molecule has 0 spiro atoms. The third kappa shape index (κ3) is 1.49. The Hall–Kier alpha value is -1.65. The van der Waals surface area contributed by atoms with Gasteiger partial charge >= 0.3 is 0 Å². The molecule has 0 amide bonds. The number of nitrogens with two attached hydrogens (primary N) is 1. The minimum absolute atomic E-state index is 0.0579. The molecule has 1 aromatic heterocycles. The van der Waals surface area contributed by atoms with Gasteiger partial charge in [-0.05, 0) is 17.5 Å². The first-order valence-corrected chi connectivity index (χ1v) is 5.66. The van der Waals surface area contributed by atoms with E-state index in [1.165, 1.54) is 0 Å². The highest BCUT2D eigenvalue weighted by Gasteiger charge is 2.41. The summed E-state index contributed by atoms with van der Waals surface area (Å²) in [5.74, 6) is 0. The molecule has 1 aliphatic rings. The molecular weight excluding hydrogens is 216 g/mol. The van der Waals surface area contributed by atoms with E-state index < -0.39 is 0 Å². The Morgan fingerprint density at radius 2 is 2.12 bits per heavy atom. The van der Waals surface area contributed by atoms with Crippen LogP contribution in [0.15, 0.2) is 35.1 Å². The van der Waals surface area contributed by atoms with Crippen molar-refractivity contribution in [2.75, 3.05) is 19.8 Å². The third-order valence-corrected chi connectivity index (χ3v) is 3.47. The summed E-state index contributed by atoms with van der Waals surface area (Å²) >= 11 is 0. The summed E-state index contributed by atoms with van der Waals surface area (Å²) in [5, 5.41) is 1.03. The van der Waals surface area contributed by atoms with Crippen molar-refractivity contribution in [3.05, 3.63) is 46.2 Å². The first-order chi connectivity index (χ1) is 8.25. The lowest BCUT2D eigenvalue weighted by atomic mass is 9.79. The van der Waals surface area contributed by atoms with E-state index in [9.17, 15) is 4.79 Å². The Bertz CT molecular complexity index is 609. The van der Waals surface area contributed by atoms with Crippen LogP contribution >= 0.6 is 0 Å². The molecule has 1 fully saturated rings. The maximum absolute atomic E-state index is 12.1. The quantitative estimate of drug-likeness (QED) is 0.800. The molecule has 0 atom stereocenters. The highest BCUT2D eigenvalue weighted by atomic mass is 16.5. The largest absolute Gasteiger partial charge is 0.379 e. The van der Waals surface area contributed by atoms with E-state index in [1.807, 2.05) is 30.3 Å². The van der Waals surface area contributed by atoms with Crippen molar-refractivity contribution in [3.63, 3.8) is 0 Å². The lowest BCUT2D eigenvalue weighted by Gasteiger charge is -2.40. The lowest BCUT2D eigenvalue weighted by Crippen LogP contribution is -2.54. The second kappa shape index (κ2) is 3.68. The molecule has 4 heteroatoms. The van der Waals surface area contributed by atoms with E-state index in [4.69, 9.17) is 10.5 Å². The molecule has 1 saturated heterocycles. The second-order valence-electron chi connectivity index (χ2n) is 4.58. The number of rotatable bonds is 2. The zero-order valence-corrected chi connectivity index (χ0v) is 9.40. The molecule has 0 aliphatic carbocycles. The highest BCUT2D eigenvalue weighted by Crippen LogP contribution is 2.30. The second-order valence-corrected chi connectivity index (χ2v) is 4.58. The number of ether oxygens (including phenoxy) is 1. The van der Waals surface area contributed by atoms with Gasteiger partial charge in [-0.15, -0.1) is 0 Å². The van der Waals surface area contributed by atoms with E-state index in [-0.39, 0.29) is 11.0 Å². The molecule has 0 radical (unpaired) electrons. The molecular formula is C13H14N2O2. The van der Waals surface area contributed by atoms with Crippen molar-refractivity contribution < 1.29 is 4.74 Å². The van der Waals surface area contributed by atoms with Gasteiger partial charge in [-0.3, -0.25) is 4.79 Å². The molecule has 2 heterocycles. The van der Waals surface area contributed by atoms with Gasteiger partial charge in [0, 0.05) is 17.6 Å². The number of aromatic nitrogens is 1. The Labute approximate surface area is 98.4 Å². The van der Waals surface area contributed by atoms with Crippen LogP contribution in [0.3, 0.4) is 0 Å². The Morgan fingerprint density at radius 3 is 2.76 bits per heavy atom. The van der Waals surface area contributed by atoms with Gasteiger partial charge < -0.3 is 15.5 Å². The highest BCUT2D eigenvalue weighted by molar-refractivity contribution is 5.79. The number of aromatic amines is 1. The fourth-order valence-corrected chi connectivity index (χ4v) is 2.27. The maximum atomic E-state index is 12.1. The Kier molecular flexibility index (Phi) is 2.28. The summed E-state index contributed by atoms with van der Waals surface area (Å²) in [4.78, 5) is 15.0. The average Bonchev–Trinajstić information content (AvgIpc) is 2.29. The molecule has 3 rings (SSSR count). The van der Waals surface area contributed by atoms with Gasteiger partial charge in [0.15, 0.2) is 0 Å². The molecule has 0 unspecified atom stereocenters. The van der Waals surface area contributed by atoms with Gasteiger partial charge in [0.05, 0.1) is 18.6 Å². The zero-order valence-electron chi connectivity index (χ0n) is 9.40. The van der Waals surface area contributed by atoms with Crippen LogP contribution in [0.4, 0.5) is 0 Å². The van der Waals surface area contributed by atoms with E-state index in [0.717, 1.165) is 16.5 Å². The minimum Gasteiger partial charge on any atom is -0.379 e. The first kappa shape index (κ1) is 10.5. The minimum atomic E-state index is -0.294. The lowest BCUT2D eigenvalue weighted by molar-refractivity contribution is -0.0556. The van der Waals surface area contributed by atoms with Gasteiger partial charge in [-0.1, -0.05) is 18.2 Å². The summed E-state index contributed by atoms with van der Waals surface area (Å²) < 4.78 is 5.22. The monoisotopic (exact) mass is 230 g/mol. The van der Waals surface area contributed by atoms with E-state index >= 15 is 0 Å². The summed E-state index contributed by atoms with van der Waals surface area (Å²) in [6.07, 6.45) is 0. The number of hydrogen-bond donors (Lipinski definition) is 2. The predicted molar refractivity (Wildman–Crippen MR) is 66.1 cm³/mol. The topological polar surface area (TPSA) is 68.1 Å². The third-order valence-electron chi connectivity index (χ3n) is 3.47. The standard InChI is InChI=1S/C13H14N2O2/c14-6-13(7-17-8-13)10-5-9-3-1-2-4-11(9)15-12(10)16/h1-5H,6-8,14H2,(H,15,16). The maximum Gasteiger partial charge on any atom is 0.252 e. The van der Waals surface area contributed by atoms with Gasteiger partial charge in [0.25, 0.3) is 5.56 Å².